The highest BCUT2D eigenvalue weighted by molar-refractivity contribution is 5.85. The van der Waals surface area contributed by atoms with Gasteiger partial charge in [-0.1, -0.05) is 12.1 Å². The maximum absolute atomic E-state index is 13.3. The molecule has 1 aliphatic heterocycles. The minimum absolute atomic E-state index is 0. The smallest absolute Gasteiger partial charge is 0.354 e. The van der Waals surface area contributed by atoms with Crippen LogP contribution in [0.3, 0.4) is 0 Å². The fourth-order valence-electron chi connectivity index (χ4n) is 3.09. The SMILES string of the molecule is Cl.O=C(Cc1ccc(-n2cccn2)cc1)NCC(N1CCNCC1)C(F)(F)F. The fraction of sp³-hybridized carbons (Fsp3) is 0.444. The molecule has 1 unspecified atom stereocenters. The third kappa shape index (κ3) is 5.95. The number of halogens is 4. The highest BCUT2D eigenvalue weighted by Gasteiger charge is 2.43. The van der Waals surface area contributed by atoms with E-state index in [-0.39, 0.29) is 18.8 Å². The Morgan fingerprint density at radius 3 is 2.46 bits per heavy atom. The van der Waals surface area contributed by atoms with Gasteiger partial charge in [-0.05, 0) is 23.8 Å². The van der Waals surface area contributed by atoms with E-state index in [9.17, 15) is 18.0 Å². The van der Waals surface area contributed by atoms with Crippen molar-refractivity contribution in [3.05, 3.63) is 48.3 Å². The molecule has 0 aliphatic carbocycles. The molecular weight excluding hydrogens is 395 g/mol. The number of aromatic nitrogens is 2. The molecular formula is C18H23ClF3N5O. The van der Waals surface area contributed by atoms with Crippen molar-refractivity contribution in [2.45, 2.75) is 18.6 Å². The second kappa shape index (κ2) is 9.90. The number of carbonyl (C=O) groups excluding carboxylic acids is 1. The lowest BCUT2D eigenvalue weighted by atomic mass is 10.1. The molecule has 1 amide bonds. The number of carbonyl (C=O) groups is 1. The van der Waals surface area contributed by atoms with Crippen LogP contribution < -0.4 is 10.6 Å². The monoisotopic (exact) mass is 417 g/mol. The van der Waals surface area contributed by atoms with Gasteiger partial charge in [0.25, 0.3) is 0 Å². The quantitative estimate of drug-likeness (QED) is 0.752. The number of piperazine rings is 1. The molecule has 3 rings (SSSR count). The third-order valence-electron chi connectivity index (χ3n) is 4.53. The Hall–Kier alpha value is -2.10. The standard InChI is InChI=1S/C18H22F3N5O.ClH/c19-18(20,21)16(25-10-7-22-8-11-25)13-23-17(27)12-14-2-4-15(5-3-14)26-9-1-6-24-26;/h1-6,9,16,22H,7-8,10-13H2,(H,23,27);1H. The van der Waals surface area contributed by atoms with E-state index in [1.807, 2.05) is 12.1 Å². The maximum atomic E-state index is 13.3. The number of hydrogen-bond donors (Lipinski definition) is 2. The third-order valence-corrected chi connectivity index (χ3v) is 4.53. The summed E-state index contributed by atoms with van der Waals surface area (Å²) in [6.07, 6.45) is -0.881. The Balaban J connectivity index is 0.00000280. The maximum Gasteiger partial charge on any atom is 0.405 e. The van der Waals surface area contributed by atoms with Crippen molar-refractivity contribution in [2.24, 2.45) is 0 Å². The van der Waals surface area contributed by atoms with Crippen molar-refractivity contribution in [3.63, 3.8) is 0 Å². The van der Waals surface area contributed by atoms with Crippen LogP contribution in [0.2, 0.25) is 0 Å². The Kier molecular flexibility index (Phi) is 7.85. The van der Waals surface area contributed by atoms with Gasteiger partial charge in [0, 0.05) is 45.1 Å². The van der Waals surface area contributed by atoms with Gasteiger partial charge >= 0.3 is 6.18 Å². The van der Waals surface area contributed by atoms with Crippen molar-refractivity contribution < 1.29 is 18.0 Å². The van der Waals surface area contributed by atoms with E-state index in [1.54, 1.807) is 35.3 Å². The number of nitrogens with one attached hydrogen (secondary N) is 2. The highest BCUT2D eigenvalue weighted by Crippen LogP contribution is 2.24. The predicted molar refractivity (Wildman–Crippen MR) is 102 cm³/mol. The van der Waals surface area contributed by atoms with Gasteiger partial charge in [-0.25, -0.2) is 4.68 Å². The van der Waals surface area contributed by atoms with E-state index in [0.29, 0.717) is 26.2 Å². The topological polar surface area (TPSA) is 62.2 Å². The number of nitrogens with zero attached hydrogens (tertiary/aromatic N) is 3. The van der Waals surface area contributed by atoms with Gasteiger partial charge in [-0.3, -0.25) is 9.69 Å². The molecule has 0 saturated carbocycles. The summed E-state index contributed by atoms with van der Waals surface area (Å²) in [5.41, 5.74) is 1.58. The second-order valence-electron chi connectivity index (χ2n) is 6.44. The van der Waals surface area contributed by atoms with Gasteiger partial charge < -0.3 is 10.6 Å². The molecule has 2 heterocycles. The molecule has 1 saturated heterocycles. The summed E-state index contributed by atoms with van der Waals surface area (Å²) in [4.78, 5) is 13.5. The van der Waals surface area contributed by atoms with Crippen LogP contribution in [0.4, 0.5) is 13.2 Å². The van der Waals surface area contributed by atoms with Crippen LogP contribution in [-0.2, 0) is 11.2 Å². The Morgan fingerprint density at radius 2 is 1.89 bits per heavy atom. The number of benzene rings is 1. The molecule has 28 heavy (non-hydrogen) atoms. The van der Waals surface area contributed by atoms with E-state index < -0.39 is 24.7 Å². The fourth-order valence-corrected chi connectivity index (χ4v) is 3.09. The van der Waals surface area contributed by atoms with E-state index in [4.69, 9.17) is 0 Å². The lowest BCUT2D eigenvalue weighted by Crippen LogP contribution is -2.57. The lowest BCUT2D eigenvalue weighted by molar-refractivity contribution is -0.184. The first-order valence-electron chi connectivity index (χ1n) is 8.80. The van der Waals surface area contributed by atoms with Gasteiger partial charge in [0.1, 0.15) is 6.04 Å². The zero-order valence-electron chi connectivity index (χ0n) is 15.2. The summed E-state index contributed by atoms with van der Waals surface area (Å²) in [5.74, 6) is -0.425. The van der Waals surface area contributed by atoms with Crippen molar-refractivity contribution >= 4 is 18.3 Å². The molecule has 0 radical (unpaired) electrons. The first-order chi connectivity index (χ1) is 12.9. The predicted octanol–water partition coefficient (Wildman–Crippen LogP) is 1.79. The van der Waals surface area contributed by atoms with Crippen LogP contribution in [0.15, 0.2) is 42.7 Å². The van der Waals surface area contributed by atoms with E-state index in [1.165, 1.54) is 4.90 Å². The average molecular weight is 418 g/mol. The second-order valence-corrected chi connectivity index (χ2v) is 6.44. The van der Waals surface area contributed by atoms with Crippen molar-refractivity contribution in [1.82, 2.24) is 25.3 Å². The lowest BCUT2D eigenvalue weighted by Gasteiger charge is -2.35. The zero-order valence-corrected chi connectivity index (χ0v) is 16.0. The van der Waals surface area contributed by atoms with Crippen LogP contribution in [0.5, 0.6) is 0 Å². The Morgan fingerprint density at radius 1 is 1.21 bits per heavy atom. The minimum atomic E-state index is -4.38. The summed E-state index contributed by atoms with van der Waals surface area (Å²) in [6, 6.07) is 7.31. The molecule has 154 valence electrons. The Labute approximate surface area is 167 Å². The van der Waals surface area contributed by atoms with Crippen LogP contribution in [0.25, 0.3) is 5.69 Å². The largest absolute Gasteiger partial charge is 0.405 e. The molecule has 1 fully saturated rings. The molecule has 2 aromatic rings. The summed E-state index contributed by atoms with van der Waals surface area (Å²) in [6.45, 7) is 1.23. The molecule has 1 atom stereocenters. The van der Waals surface area contributed by atoms with Gasteiger partial charge in [0.15, 0.2) is 0 Å². The van der Waals surface area contributed by atoms with Crippen LogP contribution in [0, 0.1) is 0 Å². The molecule has 2 N–H and O–H groups in total. The first-order valence-corrected chi connectivity index (χ1v) is 8.80. The van der Waals surface area contributed by atoms with Gasteiger partial charge in [-0.15, -0.1) is 12.4 Å². The molecule has 6 nitrogen and oxygen atoms in total. The van der Waals surface area contributed by atoms with Crippen molar-refractivity contribution in [2.75, 3.05) is 32.7 Å². The van der Waals surface area contributed by atoms with Gasteiger partial charge in [0.05, 0.1) is 12.1 Å². The zero-order chi connectivity index (χ0) is 19.3. The molecule has 10 heteroatoms. The number of hydrogen-bond acceptors (Lipinski definition) is 4. The molecule has 0 spiro atoms. The number of alkyl halides is 3. The number of amides is 1. The molecule has 1 aliphatic rings. The molecule has 1 aromatic carbocycles. The van der Waals surface area contributed by atoms with E-state index in [2.05, 4.69) is 15.7 Å². The summed E-state index contributed by atoms with van der Waals surface area (Å²) in [5, 5.41) is 9.58. The summed E-state index contributed by atoms with van der Waals surface area (Å²) in [7, 11) is 0. The van der Waals surface area contributed by atoms with E-state index >= 15 is 0 Å². The van der Waals surface area contributed by atoms with Gasteiger partial charge in [-0.2, -0.15) is 18.3 Å². The van der Waals surface area contributed by atoms with Gasteiger partial charge in [0.2, 0.25) is 5.91 Å². The molecule has 1 aromatic heterocycles. The molecule has 0 bridgehead atoms. The summed E-state index contributed by atoms with van der Waals surface area (Å²) >= 11 is 0. The number of rotatable bonds is 6. The normalized spacial score (nSPS) is 16.2. The summed E-state index contributed by atoms with van der Waals surface area (Å²) < 4.78 is 41.7. The van der Waals surface area contributed by atoms with Crippen molar-refractivity contribution in [3.8, 4) is 5.69 Å². The Bertz CT molecular complexity index is 731. The highest BCUT2D eigenvalue weighted by atomic mass is 35.5. The van der Waals surface area contributed by atoms with Crippen LogP contribution in [-0.4, -0.2) is 65.5 Å². The van der Waals surface area contributed by atoms with Crippen LogP contribution in [0.1, 0.15) is 5.56 Å². The van der Waals surface area contributed by atoms with Crippen molar-refractivity contribution in [1.29, 1.82) is 0 Å². The minimum Gasteiger partial charge on any atom is -0.354 e. The van der Waals surface area contributed by atoms with Crippen LogP contribution >= 0.6 is 12.4 Å². The van der Waals surface area contributed by atoms with E-state index in [0.717, 1.165) is 11.3 Å². The average Bonchev–Trinajstić information content (AvgIpc) is 3.17. The first kappa shape index (κ1) is 22.2.